The quantitative estimate of drug-likeness (QED) is 0.561. The van der Waals surface area contributed by atoms with Gasteiger partial charge in [-0.3, -0.25) is 4.79 Å². The smallest absolute Gasteiger partial charge is 0.257 e. The van der Waals surface area contributed by atoms with Gasteiger partial charge in [0, 0.05) is 43.9 Å². The molecule has 33 heavy (non-hydrogen) atoms. The maximum atomic E-state index is 13.0. The highest BCUT2D eigenvalue weighted by molar-refractivity contribution is 5.97. The molecule has 3 aromatic rings. The van der Waals surface area contributed by atoms with E-state index >= 15 is 0 Å². The number of carbonyl (C=O) groups is 1. The van der Waals surface area contributed by atoms with Crippen molar-refractivity contribution in [3.8, 4) is 17.1 Å². The number of hydrogen-bond acceptors (Lipinski definition) is 7. The average Bonchev–Trinajstić information content (AvgIpc) is 3.57. The Balaban J connectivity index is 1.20. The molecule has 2 aromatic heterocycles. The molecule has 0 atom stereocenters. The molecule has 1 amide bonds. The van der Waals surface area contributed by atoms with Gasteiger partial charge in [-0.05, 0) is 44.0 Å². The third-order valence-electron chi connectivity index (χ3n) is 6.46. The Labute approximate surface area is 193 Å². The average molecular weight is 448 g/mol. The summed E-state index contributed by atoms with van der Waals surface area (Å²) in [5.41, 5.74) is 1.47. The number of aromatic nitrogens is 3. The van der Waals surface area contributed by atoms with Gasteiger partial charge in [0.2, 0.25) is 11.7 Å². The SMILES string of the molecule is CCOc1ccccc1C(=O)N1CCN(c2ccc(-c3noc(C4CCCC4)n3)cn2)CC1. The van der Waals surface area contributed by atoms with E-state index in [1.807, 2.05) is 48.2 Å². The monoisotopic (exact) mass is 447 g/mol. The highest BCUT2D eigenvalue weighted by atomic mass is 16.5. The number of pyridine rings is 1. The summed E-state index contributed by atoms with van der Waals surface area (Å²) in [5.74, 6) is 3.29. The van der Waals surface area contributed by atoms with Crippen LogP contribution < -0.4 is 9.64 Å². The van der Waals surface area contributed by atoms with Crippen molar-refractivity contribution in [2.45, 2.75) is 38.5 Å². The summed E-state index contributed by atoms with van der Waals surface area (Å²) in [6.07, 6.45) is 6.52. The molecule has 2 aliphatic rings. The van der Waals surface area contributed by atoms with Gasteiger partial charge in [0.25, 0.3) is 5.91 Å². The first-order chi connectivity index (χ1) is 16.2. The lowest BCUT2D eigenvalue weighted by Gasteiger charge is -2.35. The maximum Gasteiger partial charge on any atom is 0.257 e. The van der Waals surface area contributed by atoms with E-state index < -0.39 is 0 Å². The summed E-state index contributed by atoms with van der Waals surface area (Å²) >= 11 is 0. The van der Waals surface area contributed by atoms with Crippen LogP contribution in [0.1, 0.15) is 54.8 Å². The van der Waals surface area contributed by atoms with Gasteiger partial charge in [-0.25, -0.2) is 4.98 Å². The number of amides is 1. The van der Waals surface area contributed by atoms with Crippen molar-refractivity contribution >= 4 is 11.7 Å². The van der Waals surface area contributed by atoms with Gasteiger partial charge in [-0.1, -0.05) is 30.1 Å². The molecule has 0 bridgehead atoms. The van der Waals surface area contributed by atoms with Crippen LogP contribution in [0.4, 0.5) is 5.82 Å². The molecule has 1 aliphatic carbocycles. The van der Waals surface area contributed by atoms with Crippen LogP contribution in [-0.2, 0) is 0 Å². The van der Waals surface area contributed by atoms with Crippen LogP contribution in [0.15, 0.2) is 47.1 Å². The van der Waals surface area contributed by atoms with E-state index in [0.717, 1.165) is 43.2 Å². The minimum absolute atomic E-state index is 0.0113. The zero-order chi connectivity index (χ0) is 22.6. The summed E-state index contributed by atoms with van der Waals surface area (Å²) in [4.78, 5) is 26.3. The molecule has 172 valence electrons. The maximum absolute atomic E-state index is 13.0. The van der Waals surface area contributed by atoms with Crippen LogP contribution in [0, 0.1) is 0 Å². The first-order valence-electron chi connectivity index (χ1n) is 11.8. The second-order valence-electron chi connectivity index (χ2n) is 8.55. The van der Waals surface area contributed by atoms with Crippen molar-refractivity contribution in [2.24, 2.45) is 0 Å². The lowest BCUT2D eigenvalue weighted by Crippen LogP contribution is -2.49. The van der Waals surface area contributed by atoms with Crippen LogP contribution in [0.5, 0.6) is 5.75 Å². The van der Waals surface area contributed by atoms with E-state index in [4.69, 9.17) is 9.26 Å². The molecule has 1 aliphatic heterocycles. The number of benzene rings is 1. The van der Waals surface area contributed by atoms with Crippen LogP contribution >= 0.6 is 0 Å². The molecule has 5 rings (SSSR count). The Bertz CT molecular complexity index is 1080. The molecular weight excluding hydrogens is 418 g/mol. The van der Waals surface area contributed by atoms with Crippen molar-refractivity contribution in [1.82, 2.24) is 20.0 Å². The first kappa shape index (κ1) is 21.4. The van der Waals surface area contributed by atoms with Gasteiger partial charge in [0.15, 0.2) is 0 Å². The van der Waals surface area contributed by atoms with Gasteiger partial charge in [-0.2, -0.15) is 4.98 Å². The second kappa shape index (κ2) is 9.60. The van der Waals surface area contributed by atoms with E-state index in [1.165, 1.54) is 12.8 Å². The Morgan fingerprint density at radius 3 is 2.61 bits per heavy atom. The summed E-state index contributed by atoms with van der Waals surface area (Å²) in [7, 11) is 0. The molecular formula is C25H29N5O3. The van der Waals surface area contributed by atoms with E-state index in [2.05, 4.69) is 20.0 Å². The van der Waals surface area contributed by atoms with Gasteiger partial charge in [0.05, 0.1) is 12.2 Å². The number of para-hydroxylation sites is 1. The predicted molar refractivity (Wildman–Crippen MR) is 124 cm³/mol. The standard InChI is InChI=1S/C25H29N5O3/c1-2-32-21-10-6-5-9-20(21)25(31)30-15-13-29(14-16-30)22-12-11-19(17-26-22)23-27-24(33-28-23)18-7-3-4-8-18/h5-6,9-12,17-18H,2-4,7-8,13-16H2,1H3. The van der Waals surface area contributed by atoms with Crippen LogP contribution in [0.3, 0.4) is 0 Å². The van der Waals surface area contributed by atoms with Crippen LogP contribution in [0.25, 0.3) is 11.4 Å². The predicted octanol–water partition coefficient (Wildman–Crippen LogP) is 4.15. The van der Waals surface area contributed by atoms with E-state index in [0.29, 0.717) is 42.8 Å². The molecule has 3 heterocycles. The molecule has 1 saturated heterocycles. The first-order valence-corrected chi connectivity index (χ1v) is 11.8. The number of anilines is 1. The number of hydrogen-bond donors (Lipinski definition) is 0. The highest BCUT2D eigenvalue weighted by Crippen LogP contribution is 2.34. The molecule has 0 N–H and O–H groups in total. The zero-order valence-electron chi connectivity index (χ0n) is 18.9. The summed E-state index contributed by atoms with van der Waals surface area (Å²) < 4.78 is 11.1. The fourth-order valence-electron chi connectivity index (χ4n) is 4.63. The Morgan fingerprint density at radius 1 is 1.09 bits per heavy atom. The molecule has 8 nitrogen and oxygen atoms in total. The lowest BCUT2D eigenvalue weighted by atomic mass is 10.1. The minimum Gasteiger partial charge on any atom is -0.493 e. The van der Waals surface area contributed by atoms with Gasteiger partial charge >= 0.3 is 0 Å². The summed E-state index contributed by atoms with van der Waals surface area (Å²) in [5, 5.41) is 4.16. The Morgan fingerprint density at radius 2 is 1.88 bits per heavy atom. The normalized spacial score (nSPS) is 16.9. The third-order valence-corrected chi connectivity index (χ3v) is 6.46. The van der Waals surface area contributed by atoms with Gasteiger partial charge < -0.3 is 19.1 Å². The van der Waals surface area contributed by atoms with Gasteiger partial charge in [-0.15, -0.1) is 0 Å². The number of carbonyl (C=O) groups excluding carboxylic acids is 1. The summed E-state index contributed by atoms with van der Waals surface area (Å²) in [6.45, 7) is 5.18. The van der Waals surface area contributed by atoms with Crippen molar-refractivity contribution < 1.29 is 14.1 Å². The fraction of sp³-hybridized carbons (Fsp3) is 0.440. The van der Waals surface area contributed by atoms with Crippen LogP contribution in [-0.4, -0.2) is 58.7 Å². The minimum atomic E-state index is 0.0113. The molecule has 8 heteroatoms. The van der Waals surface area contributed by atoms with Crippen molar-refractivity contribution in [2.75, 3.05) is 37.7 Å². The molecule has 2 fully saturated rings. The fourth-order valence-corrected chi connectivity index (χ4v) is 4.63. The number of piperazine rings is 1. The van der Waals surface area contributed by atoms with E-state index in [-0.39, 0.29) is 5.91 Å². The largest absolute Gasteiger partial charge is 0.493 e. The molecule has 1 saturated carbocycles. The Hall–Kier alpha value is -3.42. The number of ether oxygens (including phenoxy) is 1. The topological polar surface area (TPSA) is 84.6 Å². The van der Waals surface area contributed by atoms with E-state index in [1.54, 1.807) is 6.20 Å². The molecule has 0 unspecified atom stereocenters. The number of nitrogens with zero attached hydrogens (tertiary/aromatic N) is 5. The third kappa shape index (κ3) is 4.55. The number of rotatable bonds is 6. The summed E-state index contributed by atoms with van der Waals surface area (Å²) in [6, 6.07) is 11.4. The molecule has 0 radical (unpaired) electrons. The lowest BCUT2D eigenvalue weighted by molar-refractivity contribution is 0.0742. The van der Waals surface area contributed by atoms with Crippen LogP contribution in [0.2, 0.25) is 0 Å². The van der Waals surface area contributed by atoms with Crippen molar-refractivity contribution in [3.63, 3.8) is 0 Å². The Kier molecular flexibility index (Phi) is 6.24. The van der Waals surface area contributed by atoms with Crippen molar-refractivity contribution in [1.29, 1.82) is 0 Å². The zero-order valence-corrected chi connectivity index (χ0v) is 18.9. The van der Waals surface area contributed by atoms with Crippen molar-refractivity contribution in [3.05, 3.63) is 54.0 Å². The second-order valence-corrected chi connectivity index (χ2v) is 8.55. The van der Waals surface area contributed by atoms with E-state index in [9.17, 15) is 4.79 Å². The molecule has 0 spiro atoms. The molecule has 1 aromatic carbocycles. The van der Waals surface area contributed by atoms with Gasteiger partial charge in [0.1, 0.15) is 11.6 Å². The highest BCUT2D eigenvalue weighted by Gasteiger charge is 2.26.